The van der Waals surface area contributed by atoms with Crippen LogP contribution < -0.4 is 0 Å². The van der Waals surface area contributed by atoms with Crippen LogP contribution in [0.3, 0.4) is 0 Å². The van der Waals surface area contributed by atoms with Crippen molar-refractivity contribution in [2.45, 2.75) is 39.5 Å². The van der Waals surface area contributed by atoms with Crippen LogP contribution in [0.15, 0.2) is 0 Å². The summed E-state index contributed by atoms with van der Waals surface area (Å²) in [7, 11) is -3.14. The third-order valence-corrected chi connectivity index (χ3v) is 3.71. The van der Waals surface area contributed by atoms with Crippen molar-refractivity contribution in [3.8, 4) is 0 Å². The molecule has 0 aromatic carbocycles. The van der Waals surface area contributed by atoms with E-state index in [0.29, 0.717) is 13.2 Å². The first kappa shape index (κ1) is 17.1. The molecule has 0 spiro atoms. The van der Waals surface area contributed by atoms with E-state index in [1.165, 1.54) is 0 Å². The van der Waals surface area contributed by atoms with E-state index in [1.54, 1.807) is 0 Å². The lowest BCUT2D eigenvalue weighted by Crippen LogP contribution is -2.07. The number of hydrogen-bond donors (Lipinski definition) is 1. The van der Waals surface area contributed by atoms with Crippen molar-refractivity contribution in [1.82, 2.24) is 0 Å². The molecule has 104 valence electrons. The van der Waals surface area contributed by atoms with Gasteiger partial charge in [0.05, 0.1) is 26.4 Å². The maximum absolute atomic E-state index is 12.2. The van der Waals surface area contributed by atoms with Gasteiger partial charge in [-0.3, -0.25) is 4.57 Å². The van der Waals surface area contributed by atoms with E-state index >= 15 is 0 Å². The van der Waals surface area contributed by atoms with Crippen LogP contribution in [-0.4, -0.2) is 37.9 Å². The van der Waals surface area contributed by atoms with E-state index < -0.39 is 7.60 Å². The fourth-order valence-electron chi connectivity index (χ4n) is 1.05. The van der Waals surface area contributed by atoms with E-state index in [4.69, 9.17) is 18.9 Å². The second kappa shape index (κ2) is 11.2. The Bertz CT molecular complexity index is 177. The minimum absolute atomic E-state index is 0.0824. The molecular weight excluding hydrogens is 243 g/mol. The van der Waals surface area contributed by atoms with Crippen LogP contribution in [0.5, 0.6) is 0 Å². The SMILES string of the molecule is CCCCOP(=O)(COCCO)OCCCC. The Morgan fingerprint density at radius 2 is 1.53 bits per heavy atom. The minimum Gasteiger partial charge on any atom is -0.394 e. The van der Waals surface area contributed by atoms with Gasteiger partial charge in [-0.25, -0.2) is 0 Å². The predicted molar refractivity (Wildman–Crippen MR) is 67.2 cm³/mol. The van der Waals surface area contributed by atoms with Crippen LogP contribution in [-0.2, 0) is 18.3 Å². The Morgan fingerprint density at radius 1 is 1.00 bits per heavy atom. The Morgan fingerprint density at radius 3 is 1.94 bits per heavy atom. The van der Waals surface area contributed by atoms with E-state index in [9.17, 15) is 4.57 Å². The summed E-state index contributed by atoms with van der Waals surface area (Å²) in [5.41, 5.74) is 0. The van der Waals surface area contributed by atoms with Crippen LogP contribution in [0.4, 0.5) is 0 Å². The van der Waals surface area contributed by atoms with Crippen molar-refractivity contribution in [3.63, 3.8) is 0 Å². The molecule has 0 aliphatic heterocycles. The molecule has 0 aromatic rings. The standard InChI is InChI=1S/C11H25O5P/c1-3-5-8-15-17(13,11-14-10-7-12)16-9-6-4-2/h12H,3-11H2,1-2H3. The average molecular weight is 268 g/mol. The van der Waals surface area contributed by atoms with Crippen LogP contribution >= 0.6 is 7.60 Å². The van der Waals surface area contributed by atoms with Crippen molar-refractivity contribution < 1.29 is 23.5 Å². The van der Waals surface area contributed by atoms with Crippen LogP contribution in [0, 0.1) is 0 Å². The molecule has 0 radical (unpaired) electrons. The molecule has 0 fully saturated rings. The monoisotopic (exact) mass is 268 g/mol. The van der Waals surface area contributed by atoms with Gasteiger partial charge in [-0.1, -0.05) is 26.7 Å². The average Bonchev–Trinajstić information content (AvgIpc) is 2.30. The topological polar surface area (TPSA) is 65.0 Å². The molecule has 0 amide bonds. The number of aliphatic hydroxyl groups excluding tert-OH is 1. The third-order valence-electron chi connectivity index (χ3n) is 2.06. The lowest BCUT2D eigenvalue weighted by molar-refractivity contribution is 0.0965. The van der Waals surface area contributed by atoms with Crippen molar-refractivity contribution in [2.24, 2.45) is 0 Å². The maximum Gasteiger partial charge on any atom is 0.356 e. The molecule has 0 bridgehead atoms. The van der Waals surface area contributed by atoms with Gasteiger partial charge >= 0.3 is 7.60 Å². The lowest BCUT2D eigenvalue weighted by Gasteiger charge is -2.18. The summed E-state index contributed by atoms with van der Waals surface area (Å²) >= 11 is 0. The Labute approximate surface area is 104 Å². The van der Waals surface area contributed by atoms with Crippen LogP contribution in [0.2, 0.25) is 0 Å². The van der Waals surface area contributed by atoms with Crippen molar-refractivity contribution in [1.29, 1.82) is 0 Å². The first-order valence-corrected chi connectivity index (χ1v) is 7.98. The first-order valence-electron chi connectivity index (χ1n) is 6.25. The summed E-state index contributed by atoms with van der Waals surface area (Å²) in [5.74, 6) is 0. The number of hydrogen-bond acceptors (Lipinski definition) is 5. The van der Waals surface area contributed by atoms with Crippen LogP contribution in [0.1, 0.15) is 39.5 Å². The van der Waals surface area contributed by atoms with Gasteiger partial charge in [-0.15, -0.1) is 0 Å². The molecule has 0 aliphatic rings. The quantitative estimate of drug-likeness (QED) is 0.435. The molecule has 0 heterocycles. The lowest BCUT2D eigenvalue weighted by atomic mass is 10.4. The first-order chi connectivity index (χ1) is 8.18. The van der Waals surface area contributed by atoms with E-state index in [-0.39, 0.29) is 19.6 Å². The zero-order valence-corrected chi connectivity index (χ0v) is 11.8. The Hall–Kier alpha value is 0.0700. The second-order valence-corrected chi connectivity index (χ2v) is 5.74. The minimum atomic E-state index is -3.14. The van der Waals surface area contributed by atoms with Gasteiger partial charge in [0.1, 0.15) is 6.35 Å². The highest BCUT2D eigenvalue weighted by atomic mass is 31.2. The van der Waals surface area contributed by atoms with Crippen molar-refractivity contribution in [2.75, 3.05) is 32.8 Å². The fourth-order valence-corrected chi connectivity index (χ4v) is 2.44. The highest BCUT2D eigenvalue weighted by Gasteiger charge is 2.24. The molecule has 0 aliphatic carbocycles. The number of aliphatic hydroxyl groups is 1. The second-order valence-electron chi connectivity index (χ2n) is 3.75. The van der Waals surface area contributed by atoms with Gasteiger partial charge in [0.2, 0.25) is 0 Å². The Kier molecular flexibility index (Phi) is 11.2. The van der Waals surface area contributed by atoms with E-state index in [0.717, 1.165) is 25.7 Å². The third kappa shape index (κ3) is 9.74. The molecule has 5 nitrogen and oxygen atoms in total. The van der Waals surface area contributed by atoms with Gasteiger partial charge in [0, 0.05) is 0 Å². The molecule has 0 rings (SSSR count). The molecule has 17 heavy (non-hydrogen) atoms. The summed E-state index contributed by atoms with van der Waals surface area (Å²) in [6.07, 6.45) is 3.57. The number of unbranched alkanes of at least 4 members (excludes halogenated alkanes) is 2. The highest BCUT2D eigenvalue weighted by Crippen LogP contribution is 2.48. The number of rotatable bonds is 12. The highest BCUT2D eigenvalue weighted by molar-refractivity contribution is 7.53. The molecule has 0 saturated heterocycles. The smallest absolute Gasteiger partial charge is 0.356 e. The number of ether oxygens (including phenoxy) is 1. The van der Waals surface area contributed by atoms with Crippen LogP contribution in [0.25, 0.3) is 0 Å². The summed E-state index contributed by atoms with van der Waals surface area (Å²) in [6, 6.07) is 0. The molecule has 0 aromatic heterocycles. The zero-order chi connectivity index (χ0) is 13.0. The summed E-state index contributed by atoms with van der Waals surface area (Å²) in [4.78, 5) is 0. The Balaban J connectivity index is 4.00. The molecule has 0 atom stereocenters. The van der Waals surface area contributed by atoms with Gasteiger partial charge in [-0.05, 0) is 12.8 Å². The molecular formula is C11H25O5P. The van der Waals surface area contributed by atoms with Gasteiger partial charge < -0.3 is 18.9 Å². The van der Waals surface area contributed by atoms with E-state index in [2.05, 4.69) is 0 Å². The maximum atomic E-state index is 12.2. The van der Waals surface area contributed by atoms with Crippen molar-refractivity contribution in [3.05, 3.63) is 0 Å². The van der Waals surface area contributed by atoms with Gasteiger partial charge in [-0.2, -0.15) is 0 Å². The van der Waals surface area contributed by atoms with E-state index in [1.807, 2.05) is 13.8 Å². The summed E-state index contributed by atoms with van der Waals surface area (Å²) in [6.45, 7) is 4.97. The van der Waals surface area contributed by atoms with Gasteiger partial charge in [0.25, 0.3) is 0 Å². The molecule has 0 unspecified atom stereocenters. The normalized spacial score (nSPS) is 11.9. The molecule has 0 saturated carbocycles. The summed E-state index contributed by atoms with van der Waals surface area (Å²) < 4.78 is 27.8. The fraction of sp³-hybridized carbons (Fsp3) is 1.00. The van der Waals surface area contributed by atoms with Crippen molar-refractivity contribution >= 4 is 7.60 Å². The molecule has 1 N–H and O–H groups in total. The largest absolute Gasteiger partial charge is 0.394 e. The summed E-state index contributed by atoms with van der Waals surface area (Å²) in [5, 5.41) is 8.60. The predicted octanol–water partition coefficient (Wildman–Crippen LogP) is 2.78. The molecule has 6 heteroatoms. The zero-order valence-electron chi connectivity index (χ0n) is 10.9. The van der Waals surface area contributed by atoms with Gasteiger partial charge in [0.15, 0.2) is 0 Å².